The minimum atomic E-state index is -1.11. The van der Waals surface area contributed by atoms with Crippen LogP contribution in [0, 0.1) is 0 Å². The fraction of sp³-hybridized carbons (Fsp3) is 0.529. The normalized spacial score (nSPS) is 24.9. The van der Waals surface area contributed by atoms with E-state index < -0.39 is 18.1 Å². The van der Waals surface area contributed by atoms with Gasteiger partial charge in [0.2, 0.25) is 0 Å². The number of nitrogens with zero attached hydrogens (tertiary/aromatic N) is 1. The number of carbonyl (C=O) groups is 2. The van der Waals surface area contributed by atoms with E-state index in [9.17, 15) is 14.7 Å². The zero-order valence-electron chi connectivity index (χ0n) is 13.4. The van der Waals surface area contributed by atoms with E-state index in [-0.39, 0.29) is 11.9 Å². The average Bonchev–Trinajstić information content (AvgIpc) is 2.70. The fourth-order valence-electron chi connectivity index (χ4n) is 3.35. The molecule has 0 spiro atoms. The monoisotopic (exact) mass is 353 g/mol. The number of fused-ring (bicyclic) bond motifs is 1. The Balaban J connectivity index is 2.11. The molecule has 7 heteroatoms. The Kier molecular flexibility index (Phi) is 4.96. The predicted molar refractivity (Wildman–Crippen MR) is 87.2 cm³/mol. The first-order chi connectivity index (χ1) is 11.5. The maximum absolute atomic E-state index is 13.0. The van der Waals surface area contributed by atoms with Crippen LogP contribution in [-0.4, -0.2) is 47.2 Å². The quantitative estimate of drug-likeness (QED) is 0.904. The summed E-state index contributed by atoms with van der Waals surface area (Å²) in [4.78, 5) is 26.5. The Morgan fingerprint density at radius 3 is 2.71 bits per heavy atom. The first-order valence-corrected chi connectivity index (χ1v) is 8.49. The molecule has 2 aliphatic rings. The second-order valence-electron chi connectivity index (χ2n) is 6.03. The molecule has 2 unspecified atom stereocenters. The van der Waals surface area contributed by atoms with E-state index in [1.165, 1.54) is 4.90 Å². The van der Waals surface area contributed by atoms with Gasteiger partial charge < -0.3 is 19.5 Å². The Morgan fingerprint density at radius 2 is 2.08 bits per heavy atom. The molecule has 0 radical (unpaired) electrons. The third kappa shape index (κ3) is 3.08. The molecular weight excluding hydrogens is 334 g/mol. The summed E-state index contributed by atoms with van der Waals surface area (Å²) in [5.41, 5.74) is 0.422. The van der Waals surface area contributed by atoms with Crippen LogP contribution in [0.3, 0.4) is 0 Å². The summed E-state index contributed by atoms with van der Waals surface area (Å²) in [7, 11) is 0. The van der Waals surface area contributed by atoms with E-state index in [4.69, 9.17) is 21.1 Å². The van der Waals surface area contributed by atoms with E-state index in [1.54, 1.807) is 18.2 Å². The van der Waals surface area contributed by atoms with Crippen LogP contribution in [0.4, 0.5) is 0 Å². The number of carbonyl (C=O) groups excluding carboxylic acids is 1. The van der Waals surface area contributed by atoms with Gasteiger partial charge in [-0.2, -0.15) is 0 Å². The topological polar surface area (TPSA) is 76.1 Å². The second-order valence-corrected chi connectivity index (χ2v) is 6.46. The molecule has 6 nitrogen and oxygen atoms in total. The minimum Gasteiger partial charge on any atom is -0.480 e. The molecule has 2 aliphatic heterocycles. The van der Waals surface area contributed by atoms with Gasteiger partial charge in [0, 0.05) is 29.8 Å². The van der Waals surface area contributed by atoms with E-state index in [0.29, 0.717) is 48.8 Å². The van der Waals surface area contributed by atoms with Gasteiger partial charge in [0.15, 0.2) is 12.1 Å². The first-order valence-electron chi connectivity index (χ1n) is 8.11. The number of carboxylic acid groups (broad SMARTS) is 1. The highest BCUT2D eigenvalue weighted by Gasteiger charge is 2.44. The number of halogens is 1. The van der Waals surface area contributed by atoms with Crippen LogP contribution in [0.2, 0.25) is 5.02 Å². The SMILES string of the molecule is CCC1Oc2ccc(Cl)cc2C(C(=O)O)N(C2CCOCC2)C1=O. The van der Waals surface area contributed by atoms with Crippen molar-refractivity contribution in [3.05, 3.63) is 28.8 Å². The molecule has 24 heavy (non-hydrogen) atoms. The number of hydrogen-bond donors (Lipinski definition) is 1. The van der Waals surface area contributed by atoms with Crippen molar-refractivity contribution in [1.29, 1.82) is 0 Å². The van der Waals surface area contributed by atoms with Gasteiger partial charge in [0.1, 0.15) is 5.75 Å². The number of hydrogen-bond acceptors (Lipinski definition) is 4. The maximum Gasteiger partial charge on any atom is 0.331 e. The highest BCUT2D eigenvalue weighted by molar-refractivity contribution is 6.30. The van der Waals surface area contributed by atoms with Crippen LogP contribution >= 0.6 is 11.6 Å². The van der Waals surface area contributed by atoms with Crippen LogP contribution in [0.5, 0.6) is 5.75 Å². The molecule has 2 heterocycles. The zero-order chi connectivity index (χ0) is 17.3. The van der Waals surface area contributed by atoms with Gasteiger partial charge in [-0.05, 0) is 37.5 Å². The van der Waals surface area contributed by atoms with Crippen molar-refractivity contribution in [2.75, 3.05) is 13.2 Å². The van der Waals surface area contributed by atoms with Crippen molar-refractivity contribution in [2.45, 2.75) is 44.4 Å². The highest BCUT2D eigenvalue weighted by Crippen LogP contribution is 2.39. The number of aliphatic carboxylic acids is 1. The predicted octanol–water partition coefficient (Wildman–Crippen LogP) is 2.64. The second kappa shape index (κ2) is 6.99. The summed E-state index contributed by atoms with van der Waals surface area (Å²) < 4.78 is 11.2. The Bertz CT molecular complexity index is 644. The number of ether oxygens (including phenoxy) is 2. The summed E-state index contributed by atoms with van der Waals surface area (Å²) in [6.07, 6.45) is 0.994. The number of benzene rings is 1. The molecule has 0 bridgehead atoms. The van der Waals surface area contributed by atoms with Crippen LogP contribution in [0.15, 0.2) is 18.2 Å². The lowest BCUT2D eigenvalue weighted by atomic mass is 9.98. The molecule has 3 rings (SSSR count). The summed E-state index contributed by atoms with van der Waals surface area (Å²) in [5, 5.41) is 10.3. The van der Waals surface area contributed by atoms with Gasteiger partial charge in [-0.3, -0.25) is 4.79 Å². The molecule has 2 atom stereocenters. The van der Waals surface area contributed by atoms with Crippen molar-refractivity contribution < 1.29 is 24.2 Å². The van der Waals surface area contributed by atoms with E-state index in [2.05, 4.69) is 0 Å². The van der Waals surface area contributed by atoms with Crippen LogP contribution in [0.1, 0.15) is 37.8 Å². The highest BCUT2D eigenvalue weighted by atomic mass is 35.5. The van der Waals surface area contributed by atoms with Gasteiger partial charge in [-0.1, -0.05) is 18.5 Å². The van der Waals surface area contributed by atoms with Gasteiger partial charge in [0.25, 0.3) is 5.91 Å². The summed E-state index contributed by atoms with van der Waals surface area (Å²) in [5.74, 6) is -0.968. The maximum atomic E-state index is 13.0. The van der Waals surface area contributed by atoms with Gasteiger partial charge >= 0.3 is 5.97 Å². The largest absolute Gasteiger partial charge is 0.480 e. The molecule has 0 aromatic heterocycles. The van der Waals surface area contributed by atoms with E-state index in [0.717, 1.165) is 0 Å². The zero-order valence-corrected chi connectivity index (χ0v) is 14.2. The van der Waals surface area contributed by atoms with E-state index >= 15 is 0 Å². The smallest absolute Gasteiger partial charge is 0.331 e. The lowest BCUT2D eigenvalue weighted by Gasteiger charge is -2.37. The van der Waals surface area contributed by atoms with Gasteiger partial charge in [-0.25, -0.2) is 4.79 Å². The molecule has 1 fully saturated rings. The fourth-order valence-corrected chi connectivity index (χ4v) is 3.53. The molecule has 0 saturated carbocycles. The number of amides is 1. The molecule has 1 aromatic rings. The van der Waals surface area contributed by atoms with Crippen LogP contribution in [0.25, 0.3) is 0 Å². The molecule has 1 saturated heterocycles. The summed E-state index contributed by atoms with van der Waals surface area (Å²) >= 11 is 6.07. The summed E-state index contributed by atoms with van der Waals surface area (Å²) in [6, 6.07) is 3.56. The minimum absolute atomic E-state index is 0.185. The number of carboxylic acids is 1. The molecule has 130 valence electrons. The first kappa shape index (κ1) is 17.0. The lowest BCUT2D eigenvalue weighted by Crippen LogP contribution is -2.51. The van der Waals surface area contributed by atoms with Crippen molar-refractivity contribution in [3.63, 3.8) is 0 Å². The average molecular weight is 354 g/mol. The van der Waals surface area contributed by atoms with E-state index in [1.807, 2.05) is 6.92 Å². The van der Waals surface area contributed by atoms with Gasteiger partial charge in [-0.15, -0.1) is 0 Å². The molecular formula is C17H20ClNO5. The molecule has 1 aromatic carbocycles. The Hall–Kier alpha value is -1.79. The van der Waals surface area contributed by atoms with Gasteiger partial charge in [0.05, 0.1) is 0 Å². The standard InChI is InChI=1S/C17H20ClNO5/c1-2-13-16(20)19(11-5-7-23-8-6-11)15(17(21)22)12-9-10(18)3-4-14(12)24-13/h3-4,9,11,13,15H,2,5-8H2,1H3,(H,21,22). The van der Waals surface area contributed by atoms with Crippen LogP contribution < -0.4 is 4.74 Å². The van der Waals surface area contributed by atoms with Crippen LogP contribution in [-0.2, 0) is 14.3 Å². The molecule has 1 amide bonds. The summed E-state index contributed by atoms with van der Waals surface area (Å²) in [6.45, 7) is 2.88. The lowest BCUT2D eigenvalue weighted by molar-refractivity contribution is -0.157. The van der Waals surface area contributed by atoms with Crippen molar-refractivity contribution in [1.82, 2.24) is 4.90 Å². The van der Waals surface area contributed by atoms with Crippen molar-refractivity contribution >= 4 is 23.5 Å². The number of rotatable bonds is 3. The van der Waals surface area contributed by atoms with Crippen molar-refractivity contribution in [2.24, 2.45) is 0 Å². The Morgan fingerprint density at radius 1 is 1.38 bits per heavy atom. The molecule has 0 aliphatic carbocycles. The third-order valence-electron chi connectivity index (χ3n) is 4.53. The van der Waals surface area contributed by atoms with Crippen molar-refractivity contribution in [3.8, 4) is 5.75 Å². The third-order valence-corrected chi connectivity index (χ3v) is 4.77. The Labute approximate surface area is 145 Å². The molecule has 1 N–H and O–H groups in total.